The van der Waals surface area contributed by atoms with Crippen LogP contribution in [0.2, 0.25) is 0 Å². The molecule has 7 heteroatoms. The second kappa shape index (κ2) is 8.62. The van der Waals surface area contributed by atoms with E-state index in [4.69, 9.17) is 9.47 Å². The Kier molecular flexibility index (Phi) is 5.57. The summed E-state index contributed by atoms with van der Waals surface area (Å²) in [6.45, 7) is 2.51. The Labute approximate surface area is 178 Å². The lowest BCUT2D eigenvalue weighted by Gasteiger charge is -2.08. The van der Waals surface area contributed by atoms with Gasteiger partial charge >= 0.3 is 5.97 Å². The van der Waals surface area contributed by atoms with E-state index in [9.17, 15) is 14.9 Å². The van der Waals surface area contributed by atoms with Crippen LogP contribution in [0.25, 0.3) is 6.08 Å². The monoisotopic (exact) mass is 414 g/mol. The van der Waals surface area contributed by atoms with E-state index in [0.29, 0.717) is 17.9 Å². The van der Waals surface area contributed by atoms with Crippen LogP contribution in [0.1, 0.15) is 22.3 Å². The first kappa shape index (κ1) is 20.0. The van der Waals surface area contributed by atoms with Crippen LogP contribution < -0.4 is 4.74 Å². The molecule has 0 unspecified atom stereocenters. The number of ether oxygens (including phenoxy) is 2. The summed E-state index contributed by atoms with van der Waals surface area (Å²) in [5.41, 5.74) is 3.42. The molecule has 31 heavy (non-hydrogen) atoms. The van der Waals surface area contributed by atoms with Crippen LogP contribution in [-0.4, -0.2) is 16.8 Å². The number of aryl methyl sites for hydroxylation is 1. The molecule has 0 spiro atoms. The molecule has 0 fully saturated rings. The standard InChI is InChI=1S/C24H18N2O5/c1-16-5-2-3-6-19(16)15-30-21-11-9-17(10-12-21)13-22-24(27)31-23(25-22)18-7-4-8-20(14-18)26(28)29/h2-14H,15H2,1H3/b22-13+. The van der Waals surface area contributed by atoms with Gasteiger partial charge in [-0.15, -0.1) is 0 Å². The van der Waals surface area contributed by atoms with E-state index in [0.717, 1.165) is 11.1 Å². The first-order chi connectivity index (χ1) is 15.0. The van der Waals surface area contributed by atoms with Gasteiger partial charge in [-0.2, -0.15) is 0 Å². The average molecular weight is 414 g/mol. The van der Waals surface area contributed by atoms with Gasteiger partial charge in [-0.25, -0.2) is 9.79 Å². The van der Waals surface area contributed by atoms with Gasteiger partial charge in [0.1, 0.15) is 12.4 Å². The number of hydrogen-bond donors (Lipinski definition) is 0. The highest BCUT2D eigenvalue weighted by Crippen LogP contribution is 2.23. The molecule has 4 rings (SSSR count). The normalized spacial score (nSPS) is 14.3. The van der Waals surface area contributed by atoms with Crippen molar-refractivity contribution in [2.24, 2.45) is 4.99 Å². The lowest BCUT2D eigenvalue weighted by molar-refractivity contribution is -0.384. The molecular formula is C24H18N2O5. The highest BCUT2D eigenvalue weighted by molar-refractivity contribution is 6.13. The van der Waals surface area contributed by atoms with Gasteiger partial charge in [0.05, 0.1) is 4.92 Å². The SMILES string of the molecule is Cc1ccccc1COc1ccc(/C=C2/N=C(c3cccc([N+](=O)[O-])c3)OC2=O)cc1. The number of benzene rings is 3. The molecule has 1 aliphatic rings. The first-order valence-corrected chi connectivity index (χ1v) is 9.54. The maximum Gasteiger partial charge on any atom is 0.363 e. The van der Waals surface area contributed by atoms with Crippen molar-refractivity contribution in [1.29, 1.82) is 0 Å². The van der Waals surface area contributed by atoms with Crippen molar-refractivity contribution in [3.8, 4) is 5.75 Å². The average Bonchev–Trinajstić information content (AvgIpc) is 3.14. The largest absolute Gasteiger partial charge is 0.489 e. The summed E-state index contributed by atoms with van der Waals surface area (Å²) in [7, 11) is 0. The molecule has 3 aromatic rings. The predicted molar refractivity (Wildman–Crippen MR) is 116 cm³/mol. The van der Waals surface area contributed by atoms with Gasteiger partial charge < -0.3 is 9.47 Å². The van der Waals surface area contributed by atoms with E-state index in [1.807, 2.05) is 55.5 Å². The zero-order valence-corrected chi connectivity index (χ0v) is 16.6. The molecule has 0 atom stereocenters. The first-order valence-electron chi connectivity index (χ1n) is 9.54. The van der Waals surface area contributed by atoms with Crippen molar-refractivity contribution in [3.63, 3.8) is 0 Å². The Balaban J connectivity index is 1.48. The van der Waals surface area contributed by atoms with Crippen LogP contribution >= 0.6 is 0 Å². The van der Waals surface area contributed by atoms with E-state index in [-0.39, 0.29) is 17.3 Å². The van der Waals surface area contributed by atoms with Crippen molar-refractivity contribution in [1.82, 2.24) is 0 Å². The smallest absolute Gasteiger partial charge is 0.363 e. The Morgan fingerprint density at radius 2 is 1.84 bits per heavy atom. The third kappa shape index (κ3) is 4.67. The third-order valence-electron chi connectivity index (χ3n) is 4.76. The number of hydrogen-bond acceptors (Lipinski definition) is 6. The zero-order valence-electron chi connectivity index (χ0n) is 16.6. The third-order valence-corrected chi connectivity index (χ3v) is 4.76. The summed E-state index contributed by atoms with van der Waals surface area (Å²) in [5, 5.41) is 10.9. The molecule has 0 N–H and O–H groups in total. The van der Waals surface area contributed by atoms with Crippen LogP contribution in [0.15, 0.2) is 83.5 Å². The van der Waals surface area contributed by atoms with Crippen LogP contribution in [-0.2, 0) is 16.1 Å². The molecule has 1 aliphatic heterocycles. The van der Waals surface area contributed by atoms with E-state index >= 15 is 0 Å². The van der Waals surface area contributed by atoms with E-state index in [1.165, 1.54) is 23.8 Å². The number of non-ortho nitro benzene ring substituents is 1. The Hall–Kier alpha value is -4.26. The molecule has 1 heterocycles. The number of rotatable bonds is 6. The number of nitrogens with zero attached hydrogens (tertiary/aromatic N) is 2. The summed E-state index contributed by atoms with van der Waals surface area (Å²) < 4.78 is 11.0. The van der Waals surface area contributed by atoms with E-state index < -0.39 is 10.9 Å². The molecule has 3 aromatic carbocycles. The van der Waals surface area contributed by atoms with Gasteiger partial charge in [0.2, 0.25) is 5.90 Å². The van der Waals surface area contributed by atoms with Crippen LogP contribution in [0, 0.1) is 17.0 Å². The molecule has 0 aromatic heterocycles. The number of aliphatic imine (C=N–C) groups is 1. The highest BCUT2D eigenvalue weighted by atomic mass is 16.6. The number of cyclic esters (lactones) is 1. The van der Waals surface area contributed by atoms with Crippen LogP contribution in [0.5, 0.6) is 5.75 Å². The zero-order chi connectivity index (χ0) is 21.8. The summed E-state index contributed by atoms with van der Waals surface area (Å²) in [6.07, 6.45) is 1.60. The molecule has 7 nitrogen and oxygen atoms in total. The number of carbonyl (C=O) groups is 1. The fourth-order valence-electron chi connectivity index (χ4n) is 3.04. The number of carbonyl (C=O) groups excluding carboxylic acids is 1. The van der Waals surface area contributed by atoms with Crippen molar-refractivity contribution in [3.05, 3.63) is 111 Å². The molecule has 0 saturated carbocycles. The van der Waals surface area contributed by atoms with Gasteiger partial charge in [0.15, 0.2) is 5.70 Å². The second-order valence-electron chi connectivity index (χ2n) is 6.93. The minimum absolute atomic E-state index is 0.0399. The minimum Gasteiger partial charge on any atom is -0.489 e. The van der Waals surface area contributed by atoms with Crippen molar-refractivity contribution >= 4 is 23.6 Å². The maximum absolute atomic E-state index is 12.2. The van der Waals surface area contributed by atoms with E-state index in [1.54, 1.807) is 12.1 Å². The van der Waals surface area contributed by atoms with Crippen molar-refractivity contribution in [2.45, 2.75) is 13.5 Å². The van der Waals surface area contributed by atoms with Crippen molar-refractivity contribution < 1.29 is 19.2 Å². The Morgan fingerprint density at radius 1 is 1.06 bits per heavy atom. The van der Waals surface area contributed by atoms with Crippen LogP contribution in [0.4, 0.5) is 5.69 Å². The maximum atomic E-state index is 12.2. The molecule has 0 amide bonds. The summed E-state index contributed by atoms with van der Waals surface area (Å²) in [5.74, 6) is 0.139. The molecule has 0 radical (unpaired) electrons. The number of nitro groups is 1. The predicted octanol–water partition coefficient (Wildman–Crippen LogP) is 4.83. The lowest BCUT2D eigenvalue weighted by atomic mass is 10.1. The quantitative estimate of drug-likeness (QED) is 0.249. The molecule has 0 saturated heterocycles. The number of esters is 1. The van der Waals surface area contributed by atoms with Gasteiger partial charge in [-0.05, 0) is 47.9 Å². The highest BCUT2D eigenvalue weighted by Gasteiger charge is 2.25. The summed E-state index contributed by atoms with van der Waals surface area (Å²) >= 11 is 0. The fraction of sp³-hybridized carbons (Fsp3) is 0.0833. The van der Waals surface area contributed by atoms with Gasteiger partial charge in [-0.3, -0.25) is 10.1 Å². The molecule has 154 valence electrons. The van der Waals surface area contributed by atoms with Crippen molar-refractivity contribution in [2.75, 3.05) is 0 Å². The summed E-state index contributed by atoms with van der Waals surface area (Å²) in [4.78, 5) is 26.8. The van der Waals surface area contributed by atoms with Crippen LogP contribution in [0.3, 0.4) is 0 Å². The molecular weight excluding hydrogens is 396 g/mol. The van der Waals surface area contributed by atoms with Gasteiger partial charge in [0.25, 0.3) is 5.69 Å². The lowest BCUT2D eigenvalue weighted by Crippen LogP contribution is -2.05. The molecule has 0 aliphatic carbocycles. The minimum atomic E-state index is -0.610. The molecule has 0 bridgehead atoms. The number of nitro benzene ring substituents is 1. The second-order valence-corrected chi connectivity index (χ2v) is 6.93. The Morgan fingerprint density at radius 3 is 2.58 bits per heavy atom. The van der Waals surface area contributed by atoms with Gasteiger partial charge in [0, 0.05) is 17.7 Å². The summed E-state index contributed by atoms with van der Waals surface area (Å²) in [6, 6.07) is 21.1. The van der Waals surface area contributed by atoms with Gasteiger partial charge in [-0.1, -0.05) is 42.5 Å². The fourth-order valence-corrected chi connectivity index (χ4v) is 3.04. The topological polar surface area (TPSA) is 91.0 Å². The van der Waals surface area contributed by atoms with E-state index in [2.05, 4.69) is 4.99 Å². The Bertz CT molecular complexity index is 1210.